The number of esters is 1. The zero-order valence-electron chi connectivity index (χ0n) is 21.6. The van der Waals surface area contributed by atoms with Crippen molar-refractivity contribution in [1.82, 2.24) is 9.97 Å². The summed E-state index contributed by atoms with van der Waals surface area (Å²) in [6, 6.07) is 20.1. The molecule has 1 fully saturated rings. The molecule has 0 radical (unpaired) electrons. The Kier molecular flexibility index (Phi) is 6.98. The molecule has 1 saturated carbocycles. The van der Waals surface area contributed by atoms with Crippen molar-refractivity contribution in [1.29, 1.82) is 0 Å². The normalized spacial score (nSPS) is 15.4. The topological polar surface area (TPSA) is 86.5 Å². The summed E-state index contributed by atoms with van der Waals surface area (Å²) in [6.07, 6.45) is 6.11. The van der Waals surface area contributed by atoms with Crippen LogP contribution in [0.1, 0.15) is 52.9 Å². The Bertz CT molecular complexity index is 1350. The van der Waals surface area contributed by atoms with Gasteiger partial charge in [0, 0.05) is 11.1 Å². The molecule has 5 rings (SSSR count). The first-order valence-corrected chi connectivity index (χ1v) is 12.9. The van der Waals surface area contributed by atoms with E-state index in [-0.39, 0.29) is 12.6 Å². The molecule has 0 atom stereocenters. The van der Waals surface area contributed by atoms with Gasteiger partial charge in [-0.1, -0.05) is 67.1 Å². The van der Waals surface area contributed by atoms with Crippen LogP contribution in [0.25, 0.3) is 33.6 Å². The molecule has 7 heteroatoms. The molecule has 4 aromatic rings. The van der Waals surface area contributed by atoms with Crippen LogP contribution in [0.15, 0.2) is 71.4 Å². The van der Waals surface area contributed by atoms with E-state index in [4.69, 9.17) is 13.9 Å². The predicted molar refractivity (Wildman–Crippen MR) is 144 cm³/mol. The van der Waals surface area contributed by atoms with E-state index in [9.17, 15) is 4.79 Å². The van der Waals surface area contributed by atoms with Crippen molar-refractivity contribution in [2.24, 2.45) is 0 Å². The Morgan fingerprint density at radius 3 is 2.24 bits per heavy atom. The SMILES string of the molecule is CC(C)(C)OC(=O)COC1(Nc2ncnc3oc(-c4ccccc4)c(-c4ccccc4)c23)CCCCC1. The number of fused-ring (bicyclic) bond motifs is 1. The summed E-state index contributed by atoms with van der Waals surface area (Å²) < 4.78 is 18.1. The lowest BCUT2D eigenvalue weighted by Gasteiger charge is -2.38. The van der Waals surface area contributed by atoms with Crippen LogP contribution in [0.4, 0.5) is 5.82 Å². The molecule has 1 N–H and O–H groups in total. The number of benzene rings is 2. The van der Waals surface area contributed by atoms with Crippen LogP contribution in [0.2, 0.25) is 0 Å². The Hall–Kier alpha value is -3.71. The summed E-state index contributed by atoms with van der Waals surface area (Å²) in [4.78, 5) is 21.6. The number of furan rings is 1. The Morgan fingerprint density at radius 2 is 1.59 bits per heavy atom. The Balaban J connectivity index is 1.57. The number of carbonyl (C=O) groups is 1. The third kappa shape index (κ3) is 5.67. The summed E-state index contributed by atoms with van der Waals surface area (Å²) in [5.41, 5.74) is 2.07. The van der Waals surface area contributed by atoms with Gasteiger partial charge in [0.05, 0.1) is 5.39 Å². The maximum Gasteiger partial charge on any atom is 0.332 e. The van der Waals surface area contributed by atoms with E-state index in [2.05, 4.69) is 27.4 Å². The van der Waals surface area contributed by atoms with E-state index >= 15 is 0 Å². The quantitative estimate of drug-likeness (QED) is 0.217. The third-order valence-corrected chi connectivity index (χ3v) is 6.48. The molecular weight excluding hydrogens is 466 g/mol. The number of carbonyl (C=O) groups excluding carboxylic acids is 1. The Morgan fingerprint density at radius 1 is 0.946 bits per heavy atom. The molecule has 1 aliphatic carbocycles. The maximum absolute atomic E-state index is 12.5. The number of hydrogen-bond donors (Lipinski definition) is 1. The minimum atomic E-state index is -0.741. The molecule has 192 valence electrons. The highest BCUT2D eigenvalue weighted by atomic mass is 16.6. The lowest BCUT2D eigenvalue weighted by Crippen LogP contribution is -2.45. The van der Waals surface area contributed by atoms with Gasteiger partial charge in [-0.05, 0) is 52.0 Å². The number of hydrogen-bond acceptors (Lipinski definition) is 7. The minimum absolute atomic E-state index is 0.134. The number of anilines is 1. The lowest BCUT2D eigenvalue weighted by molar-refractivity contribution is -0.167. The number of ether oxygens (including phenoxy) is 2. The highest BCUT2D eigenvalue weighted by molar-refractivity contribution is 6.05. The van der Waals surface area contributed by atoms with Gasteiger partial charge in [0.2, 0.25) is 5.71 Å². The number of aromatic nitrogens is 2. The monoisotopic (exact) mass is 499 g/mol. The molecule has 2 aromatic carbocycles. The van der Waals surface area contributed by atoms with E-state index in [0.29, 0.717) is 11.5 Å². The molecule has 1 aliphatic rings. The fourth-order valence-corrected chi connectivity index (χ4v) is 4.91. The second-order valence-electron chi connectivity index (χ2n) is 10.5. The van der Waals surface area contributed by atoms with Gasteiger partial charge < -0.3 is 19.2 Å². The fraction of sp³-hybridized carbons (Fsp3) is 0.367. The zero-order chi connectivity index (χ0) is 25.9. The van der Waals surface area contributed by atoms with Crippen LogP contribution >= 0.6 is 0 Å². The first-order chi connectivity index (χ1) is 17.8. The number of rotatable bonds is 7. The van der Waals surface area contributed by atoms with E-state index in [0.717, 1.165) is 59.9 Å². The summed E-state index contributed by atoms with van der Waals surface area (Å²) in [5, 5.41) is 4.38. The van der Waals surface area contributed by atoms with Crippen LogP contribution in [0, 0.1) is 0 Å². The highest BCUT2D eigenvalue weighted by Crippen LogP contribution is 2.44. The second kappa shape index (κ2) is 10.3. The van der Waals surface area contributed by atoms with Crippen molar-refractivity contribution in [3.8, 4) is 22.5 Å². The third-order valence-electron chi connectivity index (χ3n) is 6.48. The van der Waals surface area contributed by atoms with E-state index in [1.54, 1.807) is 0 Å². The lowest BCUT2D eigenvalue weighted by atomic mass is 9.91. The fourth-order valence-electron chi connectivity index (χ4n) is 4.91. The summed E-state index contributed by atoms with van der Waals surface area (Å²) in [7, 11) is 0. The summed E-state index contributed by atoms with van der Waals surface area (Å²) >= 11 is 0. The first kappa shape index (κ1) is 25.0. The van der Waals surface area contributed by atoms with Crippen molar-refractivity contribution < 1.29 is 18.7 Å². The van der Waals surface area contributed by atoms with Gasteiger partial charge >= 0.3 is 5.97 Å². The molecular formula is C30H33N3O4. The van der Waals surface area contributed by atoms with Crippen LogP contribution < -0.4 is 5.32 Å². The van der Waals surface area contributed by atoms with E-state index < -0.39 is 11.3 Å². The molecule has 0 unspecified atom stereocenters. The van der Waals surface area contributed by atoms with Crippen molar-refractivity contribution in [2.75, 3.05) is 11.9 Å². The second-order valence-corrected chi connectivity index (χ2v) is 10.5. The van der Waals surface area contributed by atoms with Gasteiger partial charge in [-0.15, -0.1) is 0 Å². The molecule has 0 saturated heterocycles. The molecule has 37 heavy (non-hydrogen) atoms. The van der Waals surface area contributed by atoms with Crippen molar-refractivity contribution in [2.45, 2.75) is 64.2 Å². The molecule has 2 aromatic heterocycles. The predicted octanol–water partition coefficient (Wildman–Crippen LogP) is 6.99. The number of nitrogens with zero attached hydrogens (tertiary/aromatic N) is 2. The molecule has 0 spiro atoms. The summed E-state index contributed by atoms with van der Waals surface area (Å²) in [6.45, 7) is 5.42. The standard InChI is InChI=1S/C30H33N3O4/c1-29(2,3)37-23(34)19-35-30(17-11-6-12-18-30)33-27-25-24(21-13-7-4-8-14-21)26(22-15-9-5-10-16-22)36-28(25)32-20-31-27/h4-5,7-10,13-16,20H,6,11-12,17-19H2,1-3H3,(H,31,32,33). The highest BCUT2D eigenvalue weighted by Gasteiger charge is 2.36. The van der Waals surface area contributed by atoms with Crippen molar-refractivity contribution >= 4 is 22.9 Å². The van der Waals surface area contributed by atoms with Gasteiger partial charge in [-0.3, -0.25) is 0 Å². The maximum atomic E-state index is 12.5. The smallest absolute Gasteiger partial charge is 0.332 e. The summed E-state index contributed by atoms with van der Waals surface area (Å²) in [5.74, 6) is 0.977. The van der Waals surface area contributed by atoms with Crippen LogP contribution in [0.3, 0.4) is 0 Å². The average molecular weight is 500 g/mol. The van der Waals surface area contributed by atoms with Crippen molar-refractivity contribution in [3.63, 3.8) is 0 Å². The van der Waals surface area contributed by atoms with E-state index in [1.807, 2.05) is 69.3 Å². The van der Waals surface area contributed by atoms with Gasteiger partial charge in [0.15, 0.2) is 0 Å². The van der Waals surface area contributed by atoms with Gasteiger partial charge in [0.25, 0.3) is 0 Å². The molecule has 0 amide bonds. The van der Waals surface area contributed by atoms with Gasteiger partial charge in [0.1, 0.15) is 35.8 Å². The minimum Gasteiger partial charge on any atom is -0.458 e. The van der Waals surface area contributed by atoms with Crippen LogP contribution in [0.5, 0.6) is 0 Å². The number of nitrogens with one attached hydrogen (secondary N) is 1. The Labute approximate surface area is 217 Å². The average Bonchev–Trinajstić information content (AvgIpc) is 3.29. The van der Waals surface area contributed by atoms with Crippen LogP contribution in [-0.2, 0) is 14.3 Å². The van der Waals surface area contributed by atoms with Crippen LogP contribution in [-0.4, -0.2) is 33.9 Å². The largest absolute Gasteiger partial charge is 0.458 e. The van der Waals surface area contributed by atoms with Crippen molar-refractivity contribution in [3.05, 3.63) is 67.0 Å². The molecule has 0 aliphatic heterocycles. The van der Waals surface area contributed by atoms with Gasteiger partial charge in [-0.2, -0.15) is 0 Å². The first-order valence-electron chi connectivity index (χ1n) is 12.9. The molecule has 2 heterocycles. The molecule has 7 nitrogen and oxygen atoms in total. The van der Waals surface area contributed by atoms with Gasteiger partial charge in [-0.25, -0.2) is 14.8 Å². The van der Waals surface area contributed by atoms with E-state index in [1.165, 1.54) is 6.33 Å². The molecule has 0 bridgehead atoms. The zero-order valence-corrected chi connectivity index (χ0v) is 21.6.